The maximum absolute atomic E-state index is 9.76. The van der Waals surface area contributed by atoms with E-state index in [1.807, 2.05) is 97.1 Å². The van der Waals surface area contributed by atoms with Gasteiger partial charge < -0.3 is 5.32 Å². The number of para-hydroxylation sites is 1. The Bertz CT molecular complexity index is 3090. The number of hydrogen-bond donors (Lipinski definition) is 2. The molecule has 0 unspecified atom stereocenters. The van der Waals surface area contributed by atoms with Gasteiger partial charge in [-0.1, -0.05) is 170 Å². The smallest absolute Gasteiger partial charge is 0.164 e. The minimum Gasteiger partial charge on any atom is -0.354 e. The number of aromatic nitrogens is 3. The molecule has 0 aliphatic rings. The van der Waals surface area contributed by atoms with Crippen LogP contribution in [0.1, 0.15) is 11.1 Å². The molecular formula is C52H35N5. The number of hydrogen-bond acceptors (Lipinski definition) is 5. The van der Waals surface area contributed by atoms with Crippen LogP contribution in [0.25, 0.3) is 77.6 Å². The van der Waals surface area contributed by atoms with Gasteiger partial charge in [-0.25, -0.2) is 15.0 Å². The monoisotopic (exact) mass is 729 g/mol. The molecule has 5 heteroatoms. The summed E-state index contributed by atoms with van der Waals surface area (Å²) in [5, 5.41) is 20.1. The van der Waals surface area contributed by atoms with E-state index in [1.54, 1.807) is 0 Å². The lowest BCUT2D eigenvalue weighted by Crippen LogP contribution is -2.09. The molecule has 10 rings (SSSR count). The number of fused-ring (bicyclic) bond motifs is 4. The highest BCUT2D eigenvalue weighted by atomic mass is 15.0. The van der Waals surface area contributed by atoms with E-state index < -0.39 is 0 Å². The van der Waals surface area contributed by atoms with Crippen molar-refractivity contribution in [3.05, 3.63) is 211 Å². The Kier molecular flexibility index (Phi) is 8.58. The largest absolute Gasteiger partial charge is 0.354 e. The van der Waals surface area contributed by atoms with Crippen LogP contribution in [-0.4, -0.2) is 20.7 Å². The predicted octanol–water partition coefficient (Wildman–Crippen LogP) is 13.2. The van der Waals surface area contributed by atoms with Gasteiger partial charge in [0.1, 0.15) is 0 Å². The summed E-state index contributed by atoms with van der Waals surface area (Å²) in [4.78, 5) is 15.6. The quantitative estimate of drug-likeness (QED) is 0.121. The van der Waals surface area contributed by atoms with Crippen molar-refractivity contribution in [1.29, 1.82) is 5.41 Å². The highest BCUT2D eigenvalue weighted by Crippen LogP contribution is 2.41. The summed E-state index contributed by atoms with van der Waals surface area (Å²) < 4.78 is 0. The standard InChI is InChI=1S/C52H35N5/c53-48(35-19-7-2-8-20-35)47-44(34-17-5-1-6-18-34)31-38-29-30-39(33-45(38)49(47)54-40-24-11-4-12-25-40)51-55-50(36-21-9-3-10-22-36)56-52(57-51)46-32-37-23-13-14-26-41(37)42-27-15-16-28-43(42)46/h1-33,53-54H. The van der Waals surface area contributed by atoms with E-state index in [1.165, 1.54) is 5.39 Å². The third-order valence-corrected chi connectivity index (χ3v) is 10.5. The number of rotatable bonds is 8. The van der Waals surface area contributed by atoms with E-state index >= 15 is 0 Å². The van der Waals surface area contributed by atoms with Gasteiger partial charge in [-0.15, -0.1) is 0 Å². The predicted molar refractivity (Wildman–Crippen MR) is 236 cm³/mol. The Morgan fingerprint density at radius 1 is 0.386 bits per heavy atom. The summed E-state index contributed by atoms with van der Waals surface area (Å²) in [5.41, 5.74) is 8.54. The summed E-state index contributed by atoms with van der Waals surface area (Å²) >= 11 is 0. The van der Waals surface area contributed by atoms with Crippen LogP contribution in [-0.2, 0) is 0 Å². The average Bonchev–Trinajstić information content (AvgIpc) is 3.29. The molecule has 1 heterocycles. The minimum absolute atomic E-state index is 0.428. The second-order valence-corrected chi connectivity index (χ2v) is 14.1. The molecular weight excluding hydrogens is 695 g/mol. The van der Waals surface area contributed by atoms with Crippen molar-refractivity contribution in [3.63, 3.8) is 0 Å². The molecule has 0 aliphatic carbocycles. The molecule has 1 aromatic heterocycles. The Morgan fingerprint density at radius 2 is 0.912 bits per heavy atom. The molecule has 9 aromatic carbocycles. The van der Waals surface area contributed by atoms with Crippen LogP contribution in [0.3, 0.4) is 0 Å². The fourth-order valence-corrected chi connectivity index (χ4v) is 7.77. The molecule has 0 spiro atoms. The van der Waals surface area contributed by atoms with Gasteiger partial charge in [-0.3, -0.25) is 5.41 Å². The van der Waals surface area contributed by atoms with Crippen LogP contribution in [0, 0.1) is 5.41 Å². The van der Waals surface area contributed by atoms with Crippen LogP contribution in [0.5, 0.6) is 0 Å². The van der Waals surface area contributed by atoms with Crippen LogP contribution in [0.2, 0.25) is 0 Å². The number of nitrogens with zero attached hydrogens (tertiary/aromatic N) is 3. The molecule has 268 valence electrons. The van der Waals surface area contributed by atoms with E-state index in [-0.39, 0.29) is 0 Å². The molecule has 2 N–H and O–H groups in total. The Balaban J connectivity index is 1.24. The van der Waals surface area contributed by atoms with Crippen molar-refractivity contribution in [2.45, 2.75) is 0 Å². The first kappa shape index (κ1) is 33.8. The summed E-state index contributed by atoms with van der Waals surface area (Å²) in [6.45, 7) is 0. The molecule has 0 amide bonds. The zero-order valence-electron chi connectivity index (χ0n) is 30.9. The molecule has 0 saturated carbocycles. The zero-order valence-corrected chi connectivity index (χ0v) is 30.9. The third kappa shape index (κ3) is 6.37. The van der Waals surface area contributed by atoms with Crippen LogP contribution < -0.4 is 5.32 Å². The van der Waals surface area contributed by atoms with Gasteiger partial charge in [0.2, 0.25) is 0 Å². The lowest BCUT2D eigenvalue weighted by molar-refractivity contribution is 1.08. The van der Waals surface area contributed by atoms with Crippen molar-refractivity contribution in [3.8, 4) is 45.3 Å². The first-order chi connectivity index (χ1) is 28.2. The normalized spacial score (nSPS) is 11.2. The lowest BCUT2D eigenvalue weighted by atomic mass is 9.88. The highest BCUT2D eigenvalue weighted by Gasteiger charge is 2.22. The van der Waals surface area contributed by atoms with E-state index in [0.29, 0.717) is 23.2 Å². The van der Waals surface area contributed by atoms with Crippen molar-refractivity contribution in [2.75, 3.05) is 5.32 Å². The third-order valence-electron chi connectivity index (χ3n) is 10.5. The first-order valence-electron chi connectivity index (χ1n) is 19.0. The van der Waals surface area contributed by atoms with Crippen molar-refractivity contribution in [1.82, 2.24) is 15.0 Å². The van der Waals surface area contributed by atoms with Crippen LogP contribution >= 0.6 is 0 Å². The minimum atomic E-state index is 0.428. The summed E-state index contributed by atoms with van der Waals surface area (Å²) in [6, 6.07) is 68.2. The fraction of sp³-hybridized carbons (Fsp3) is 0. The molecule has 0 aliphatic heterocycles. The maximum atomic E-state index is 9.76. The molecule has 0 fully saturated rings. The molecule has 0 bridgehead atoms. The van der Waals surface area contributed by atoms with Crippen LogP contribution in [0.15, 0.2) is 200 Å². The van der Waals surface area contributed by atoms with E-state index in [4.69, 9.17) is 15.0 Å². The Labute approximate surface area is 330 Å². The first-order valence-corrected chi connectivity index (χ1v) is 19.0. The molecule has 57 heavy (non-hydrogen) atoms. The highest BCUT2D eigenvalue weighted by molar-refractivity contribution is 6.22. The zero-order chi connectivity index (χ0) is 38.1. The maximum Gasteiger partial charge on any atom is 0.164 e. The van der Waals surface area contributed by atoms with Gasteiger partial charge >= 0.3 is 0 Å². The summed E-state index contributed by atoms with van der Waals surface area (Å²) in [7, 11) is 0. The van der Waals surface area contributed by atoms with Gasteiger partial charge in [0, 0.05) is 38.9 Å². The Hall–Kier alpha value is -7.76. The van der Waals surface area contributed by atoms with Gasteiger partial charge in [0.05, 0.1) is 11.4 Å². The van der Waals surface area contributed by atoms with Crippen molar-refractivity contribution >= 4 is 49.4 Å². The number of benzene rings is 9. The molecule has 0 atom stereocenters. The SMILES string of the molecule is N=C(c1ccccc1)c1c(-c2ccccc2)cc2ccc(-c3nc(-c4ccccc4)nc(-c4cc5ccccc5c5ccccc45)n3)cc2c1Nc1ccccc1. The second kappa shape index (κ2) is 14.5. The number of nitrogens with one attached hydrogen (secondary N) is 2. The molecule has 0 radical (unpaired) electrons. The van der Waals surface area contributed by atoms with E-state index in [9.17, 15) is 5.41 Å². The van der Waals surface area contributed by atoms with Gasteiger partial charge in [-0.05, 0) is 68.4 Å². The summed E-state index contributed by atoms with van der Waals surface area (Å²) in [5.74, 6) is 1.77. The topological polar surface area (TPSA) is 74.5 Å². The van der Waals surface area contributed by atoms with Crippen LogP contribution in [0.4, 0.5) is 11.4 Å². The summed E-state index contributed by atoms with van der Waals surface area (Å²) in [6.07, 6.45) is 0. The van der Waals surface area contributed by atoms with Gasteiger partial charge in [-0.2, -0.15) is 0 Å². The van der Waals surface area contributed by atoms with Crippen molar-refractivity contribution in [2.24, 2.45) is 0 Å². The number of anilines is 2. The Morgan fingerprint density at radius 3 is 1.63 bits per heavy atom. The molecule has 5 nitrogen and oxygen atoms in total. The van der Waals surface area contributed by atoms with Crippen molar-refractivity contribution < 1.29 is 0 Å². The molecule has 0 saturated heterocycles. The second-order valence-electron chi connectivity index (χ2n) is 14.1. The fourth-order valence-electron chi connectivity index (χ4n) is 7.77. The lowest BCUT2D eigenvalue weighted by Gasteiger charge is -2.21. The van der Waals surface area contributed by atoms with Gasteiger partial charge in [0.15, 0.2) is 17.5 Å². The van der Waals surface area contributed by atoms with E-state index in [0.717, 1.165) is 77.3 Å². The molecule has 10 aromatic rings. The van der Waals surface area contributed by atoms with Gasteiger partial charge in [0.25, 0.3) is 0 Å². The van der Waals surface area contributed by atoms with E-state index in [2.05, 4.69) is 108 Å². The average molecular weight is 730 g/mol.